The number of nitrogens with two attached hydrogens (primary N) is 1. The first kappa shape index (κ1) is 21.6. The fourth-order valence-electron chi connectivity index (χ4n) is 3.93. The molecule has 0 radical (unpaired) electrons. The first-order valence-corrected chi connectivity index (χ1v) is 10.6. The molecule has 0 fully saturated rings. The van der Waals surface area contributed by atoms with Crippen molar-refractivity contribution in [3.63, 3.8) is 0 Å². The quantitative estimate of drug-likeness (QED) is 0.418. The highest BCUT2D eigenvalue weighted by Gasteiger charge is 2.15. The number of aryl methyl sites for hydroxylation is 1. The first-order chi connectivity index (χ1) is 15.5. The van der Waals surface area contributed by atoms with E-state index in [4.69, 9.17) is 15.2 Å². The summed E-state index contributed by atoms with van der Waals surface area (Å²) in [4.78, 5) is 9.25. The highest BCUT2D eigenvalue weighted by atomic mass is 16.5. The number of aromatic nitrogens is 2. The van der Waals surface area contributed by atoms with Crippen LogP contribution in [0, 0.1) is 6.92 Å². The van der Waals surface area contributed by atoms with Gasteiger partial charge in [0.2, 0.25) is 0 Å². The van der Waals surface area contributed by atoms with Gasteiger partial charge in [0, 0.05) is 24.0 Å². The van der Waals surface area contributed by atoms with Crippen LogP contribution in [0.25, 0.3) is 22.0 Å². The van der Waals surface area contributed by atoms with E-state index in [1.807, 2.05) is 31.2 Å². The summed E-state index contributed by atoms with van der Waals surface area (Å²) in [7, 11) is 3.24. The van der Waals surface area contributed by atoms with Gasteiger partial charge in [-0.1, -0.05) is 42.5 Å². The van der Waals surface area contributed by atoms with E-state index < -0.39 is 0 Å². The van der Waals surface area contributed by atoms with Crippen molar-refractivity contribution in [2.75, 3.05) is 19.5 Å². The normalized spacial score (nSPS) is 11.9. The van der Waals surface area contributed by atoms with Crippen LogP contribution in [0.4, 0.5) is 5.82 Å². The summed E-state index contributed by atoms with van der Waals surface area (Å²) in [6, 6.07) is 20.6. The van der Waals surface area contributed by atoms with Gasteiger partial charge in [-0.05, 0) is 48.2 Å². The molecule has 0 spiro atoms. The lowest BCUT2D eigenvalue weighted by molar-refractivity contribution is 0.356. The molecule has 1 aromatic heterocycles. The average Bonchev–Trinajstić information content (AvgIpc) is 2.83. The van der Waals surface area contributed by atoms with E-state index in [0.717, 1.165) is 39.0 Å². The lowest BCUT2D eigenvalue weighted by Gasteiger charge is -2.19. The molecular formula is C26H28N4O2. The third-order valence-electron chi connectivity index (χ3n) is 5.60. The van der Waals surface area contributed by atoms with Crippen molar-refractivity contribution >= 4 is 16.7 Å². The van der Waals surface area contributed by atoms with Crippen molar-refractivity contribution in [1.82, 2.24) is 9.97 Å². The van der Waals surface area contributed by atoms with Gasteiger partial charge < -0.3 is 20.5 Å². The zero-order valence-electron chi connectivity index (χ0n) is 18.8. The van der Waals surface area contributed by atoms with Gasteiger partial charge in [0.1, 0.15) is 11.6 Å². The summed E-state index contributed by atoms with van der Waals surface area (Å²) >= 11 is 0. The van der Waals surface area contributed by atoms with E-state index >= 15 is 0 Å². The molecular weight excluding hydrogens is 400 g/mol. The smallest absolute Gasteiger partial charge is 0.162 e. The molecule has 3 N–H and O–H groups in total. The molecule has 0 amide bonds. The van der Waals surface area contributed by atoms with Crippen molar-refractivity contribution in [2.24, 2.45) is 5.73 Å². The molecule has 1 heterocycles. The second-order valence-electron chi connectivity index (χ2n) is 7.70. The van der Waals surface area contributed by atoms with Gasteiger partial charge in [0.05, 0.1) is 19.7 Å². The average molecular weight is 429 g/mol. The number of hydrogen-bond donors (Lipinski definition) is 2. The lowest BCUT2D eigenvalue weighted by Crippen LogP contribution is -2.10. The van der Waals surface area contributed by atoms with Crippen LogP contribution in [0.3, 0.4) is 0 Å². The number of nitrogens with one attached hydrogen (secondary N) is 1. The second kappa shape index (κ2) is 9.24. The zero-order valence-corrected chi connectivity index (χ0v) is 18.8. The number of rotatable bonds is 7. The molecule has 0 aliphatic heterocycles. The summed E-state index contributed by atoms with van der Waals surface area (Å²) < 4.78 is 10.9. The third kappa shape index (κ3) is 4.22. The Kier molecular flexibility index (Phi) is 6.23. The highest BCUT2D eigenvalue weighted by Crippen LogP contribution is 2.35. The van der Waals surface area contributed by atoms with Crippen molar-refractivity contribution < 1.29 is 9.47 Å². The van der Waals surface area contributed by atoms with E-state index in [-0.39, 0.29) is 6.04 Å². The highest BCUT2D eigenvalue weighted by molar-refractivity contribution is 5.92. The molecule has 3 aromatic carbocycles. The van der Waals surface area contributed by atoms with Crippen molar-refractivity contribution in [2.45, 2.75) is 26.4 Å². The summed E-state index contributed by atoms with van der Waals surface area (Å²) in [6.07, 6.45) is 0. The molecule has 0 saturated carbocycles. The Hall–Kier alpha value is -3.64. The molecule has 0 saturated heterocycles. The number of fused-ring (bicyclic) bond motifs is 1. The van der Waals surface area contributed by atoms with Crippen molar-refractivity contribution in [1.29, 1.82) is 0 Å². The predicted octanol–water partition coefficient (Wildman–Crippen LogP) is 5.25. The van der Waals surface area contributed by atoms with Crippen LogP contribution in [0.2, 0.25) is 0 Å². The monoisotopic (exact) mass is 428 g/mol. The Morgan fingerprint density at radius 1 is 0.938 bits per heavy atom. The lowest BCUT2D eigenvalue weighted by atomic mass is 9.96. The molecule has 4 rings (SSSR count). The number of ether oxygens (including phenoxy) is 2. The molecule has 1 unspecified atom stereocenters. The van der Waals surface area contributed by atoms with E-state index in [1.165, 1.54) is 0 Å². The maximum absolute atomic E-state index is 5.95. The van der Waals surface area contributed by atoms with Crippen LogP contribution in [-0.4, -0.2) is 24.2 Å². The second-order valence-corrected chi connectivity index (χ2v) is 7.70. The minimum absolute atomic E-state index is 0.0191. The number of benzene rings is 3. The number of hydrogen-bond acceptors (Lipinski definition) is 6. The largest absolute Gasteiger partial charge is 0.493 e. The van der Waals surface area contributed by atoms with Gasteiger partial charge in [-0.3, -0.25) is 0 Å². The van der Waals surface area contributed by atoms with Gasteiger partial charge in [0.25, 0.3) is 0 Å². The molecule has 0 bridgehead atoms. The summed E-state index contributed by atoms with van der Waals surface area (Å²) in [5.41, 5.74) is 11.3. The topological polar surface area (TPSA) is 82.3 Å². The molecule has 164 valence electrons. The maximum Gasteiger partial charge on any atom is 0.162 e. The Morgan fingerprint density at radius 2 is 1.69 bits per heavy atom. The first-order valence-electron chi connectivity index (χ1n) is 10.6. The zero-order chi connectivity index (χ0) is 22.7. The van der Waals surface area contributed by atoms with Crippen LogP contribution in [0.1, 0.15) is 29.9 Å². The van der Waals surface area contributed by atoms with Crippen LogP contribution in [0.5, 0.6) is 11.5 Å². The Morgan fingerprint density at radius 3 is 2.44 bits per heavy atom. The van der Waals surface area contributed by atoms with E-state index in [9.17, 15) is 0 Å². The summed E-state index contributed by atoms with van der Waals surface area (Å²) in [5, 5.41) is 4.45. The molecule has 32 heavy (non-hydrogen) atoms. The minimum Gasteiger partial charge on any atom is -0.493 e. The Labute approximate surface area is 188 Å². The van der Waals surface area contributed by atoms with Gasteiger partial charge in [-0.25, -0.2) is 9.97 Å². The van der Waals surface area contributed by atoms with E-state index in [1.54, 1.807) is 14.2 Å². The summed E-state index contributed by atoms with van der Waals surface area (Å²) in [6.45, 7) is 4.51. The van der Waals surface area contributed by atoms with Crippen LogP contribution >= 0.6 is 0 Å². The fourth-order valence-corrected chi connectivity index (χ4v) is 3.93. The fraction of sp³-hybridized carbons (Fsp3) is 0.231. The number of nitrogens with zero attached hydrogens (tertiary/aromatic N) is 2. The number of methoxy groups -OCH3 is 2. The van der Waals surface area contributed by atoms with E-state index in [0.29, 0.717) is 23.9 Å². The number of anilines is 1. The van der Waals surface area contributed by atoms with Crippen molar-refractivity contribution in [3.8, 4) is 22.6 Å². The molecule has 1 atom stereocenters. The van der Waals surface area contributed by atoms with Gasteiger partial charge >= 0.3 is 0 Å². The maximum atomic E-state index is 5.95. The van der Waals surface area contributed by atoms with Gasteiger partial charge in [0.15, 0.2) is 11.5 Å². The van der Waals surface area contributed by atoms with Gasteiger partial charge in [-0.2, -0.15) is 0 Å². The summed E-state index contributed by atoms with van der Waals surface area (Å²) in [5.74, 6) is 2.73. The van der Waals surface area contributed by atoms with Gasteiger partial charge in [-0.15, -0.1) is 0 Å². The molecule has 0 aliphatic carbocycles. The van der Waals surface area contributed by atoms with Crippen LogP contribution in [-0.2, 0) is 6.54 Å². The Balaban J connectivity index is 1.71. The van der Waals surface area contributed by atoms with E-state index in [2.05, 4.69) is 58.6 Å². The molecule has 4 aromatic rings. The predicted molar refractivity (Wildman–Crippen MR) is 129 cm³/mol. The molecule has 6 heteroatoms. The Bertz CT molecular complexity index is 1260. The standard InChI is InChI=1S/C26H28N4O2/c1-16(18-9-7-10-19(12-18)21-11-6-5-8-20(21)15-27)28-26-22-13-24(31-3)25(32-4)14-23(22)29-17(2)30-26/h5-14,16H,15,27H2,1-4H3,(H,28,29,30). The van der Waals surface area contributed by atoms with Crippen LogP contribution in [0.15, 0.2) is 60.7 Å². The molecule has 0 aliphatic rings. The van der Waals surface area contributed by atoms with Crippen LogP contribution < -0.4 is 20.5 Å². The minimum atomic E-state index is 0.0191. The SMILES string of the molecule is COc1cc2nc(C)nc(NC(C)c3cccc(-c4ccccc4CN)c3)c2cc1OC. The van der Waals surface area contributed by atoms with Crippen molar-refractivity contribution in [3.05, 3.63) is 77.6 Å². The molecule has 6 nitrogen and oxygen atoms in total. The third-order valence-corrected chi connectivity index (χ3v) is 5.60.